The summed E-state index contributed by atoms with van der Waals surface area (Å²) >= 11 is 0. The van der Waals surface area contributed by atoms with Gasteiger partial charge in [-0.3, -0.25) is 0 Å². The number of hydrogen-bond donors (Lipinski definition) is 0. The summed E-state index contributed by atoms with van der Waals surface area (Å²) in [5.41, 5.74) is 5.80. The molecule has 5 heteroatoms. The zero-order chi connectivity index (χ0) is 26.5. The lowest BCUT2D eigenvalue weighted by Gasteiger charge is -2.32. The van der Waals surface area contributed by atoms with Crippen LogP contribution >= 0.6 is 0 Å². The number of para-hydroxylation sites is 1. The van der Waals surface area contributed by atoms with E-state index in [1.165, 1.54) is 5.39 Å². The summed E-state index contributed by atoms with van der Waals surface area (Å²) in [6, 6.07) is 31.6. The summed E-state index contributed by atoms with van der Waals surface area (Å²) < 4.78 is 25.6. The van der Waals surface area contributed by atoms with Gasteiger partial charge in [0.1, 0.15) is 22.3 Å². The van der Waals surface area contributed by atoms with Crippen LogP contribution < -0.4 is 5.46 Å². The molecule has 0 unspecified atom stereocenters. The zero-order valence-corrected chi connectivity index (χ0v) is 22.4. The second kappa shape index (κ2) is 7.75. The van der Waals surface area contributed by atoms with Crippen LogP contribution in [0.3, 0.4) is 0 Å². The summed E-state index contributed by atoms with van der Waals surface area (Å²) in [6.45, 7) is 8.28. The largest absolute Gasteiger partial charge is 0.498 e. The van der Waals surface area contributed by atoms with E-state index in [2.05, 4.69) is 113 Å². The average molecular weight is 510 g/mol. The molecule has 39 heavy (non-hydrogen) atoms. The highest BCUT2D eigenvalue weighted by molar-refractivity contribution is 6.65. The maximum Gasteiger partial charge on any atom is 0.498 e. The Bertz CT molecular complexity index is 2080. The zero-order valence-electron chi connectivity index (χ0n) is 22.4. The van der Waals surface area contributed by atoms with Gasteiger partial charge in [-0.1, -0.05) is 66.7 Å². The Hall–Kier alpha value is -4.06. The first-order valence-electron chi connectivity index (χ1n) is 13.4. The highest BCUT2D eigenvalue weighted by Gasteiger charge is 2.52. The van der Waals surface area contributed by atoms with E-state index >= 15 is 0 Å². The second-order valence-electron chi connectivity index (χ2n) is 11.6. The molecule has 0 atom stereocenters. The van der Waals surface area contributed by atoms with Gasteiger partial charge in [0.15, 0.2) is 0 Å². The van der Waals surface area contributed by atoms with Gasteiger partial charge in [-0.05, 0) is 68.5 Å². The standard InChI is InChI=1S/C34H27BO4/c1-33(2)34(3,4)39-35(38-33)27-13-7-12-24-26-19-21(16-18-28(26)36-32(24)27)22-11-8-14-29-30(22)25-17-15-20-9-5-6-10-23(20)31(25)37-29/h5-19H,1-4H3. The summed E-state index contributed by atoms with van der Waals surface area (Å²) in [5, 5.41) is 6.67. The average Bonchev–Trinajstić information content (AvgIpc) is 3.56. The molecule has 0 bridgehead atoms. The van der Waals surface area contributed by atoms with Gasteiger partial charge in [0.2, 0.25) is 0 Å². The van der Waals surface area contributed by atoms with Crippen molar-refractivity contribution in [3.8, 4) is 11.1 Å². The molecule has 0 radical (unpaired) electrons. The maximum absolute atomic E-state index is 6.44. The third-order valence-corrected chi connectivity index (χ3v) is 8.73. The van der Waals surface area contributed by atoms with Crippen molar-refractivity contribution in [2.45, 2.75) is 38.9 Å². The van der Waals surface area contributed by atoms with Crippen LogP contribution in [-0.2, 0) is 9.31 Å². The Kier molecular flexibility index (Phi) is 4.55. The van der Waals surface area contributed by atoms with E-state index in [4.69, 9.17) is 18.1 Å². The number of fused-ring (bicyclic) bond motifs is 8. The van der Waals surface area contributed by atoms with Crippen molar-refractivity contribution in [2.75, 3.05) is 0 Å². The molecular formula is C34H27BO4. The lowest BCUT2D eigenvalue weighted by Crippen LogP contribution is -2.41. The molecule has 0 N–H and O–H groups in total. The minimum atomic E-state index is -0.486. The van der Waals surface area contributed by atoms with Gasteiger partial charge in [0.05, 0.1) is 11.2 Å². The summed E-state index contributed by atoms with van der Waals surface area (Å²) in [7, 11) is -0.486. The number of hydrogen-bond acceptors (Lipinski definition) is 4. The molecule has 4 nitrogen and oxygen atoms in total. The summed E-state index contributed by atoms with van der Waals surface area (Å²) in [5.74, 6) is 0. The SMILES string of the molecule is CC1(C)OB(c2cccc3c2oc2ccc(-c4cccc5oc6c7ccccc7ccc6c45)cc23)OC1(C)C. The topological polar surface area (TPSA) is 44.7 Å². The van der Waals surface area contributed by atoms with Gasteiger partial charge in [-0.25, -0.2) is 0 Å². The summed E-state index contributed by atoms with van der Waals surface area (Å²) in [6.07, 6.45) is 0. The Balaban J connectivity index is 1.32. The molecule has 1 fully saturated rings. The highest BCUT2D eigenvalue weighted by atomic mass is 16.7. The molecule has 1 saturated heterocycles. The fraction of sp³-hybridized carbons (Fsp3) is 0.176. The van der Waals surface area contributed by atoms with Gasteiger partial charge in [0, 0.05) is 32.4 Å². The minimum Gasteiger partial charge on any atom is -0.456 e. The number of rotatable bonds is 2. The van der Waals surface area contributed by atoms with E-state index in [1.807, 2.05) is 6.07 Å². The molecule has 0 spiro atoms. The van der Waals surface area contributed by atoms with Crippen molar-refractivity contribution in [3.63, 3.8) is 0 Å². The Morgan fingerprint density at radius 2 is 1.31 bits per heavy atom. The van der Waals surface area contributed by atoms with E-state index < -0.39 is 18.3 Å². The lowest BCUT2D eigenvalue weighted by molar-refractivity contribution is 0.00578. The number of furan rings is 2. The van der Waals surface area contributed by atoms with E-state index in [0.717, 1.165) is 65.9 Å². The van der Waals surface area contributed by atoms with Crippen LogP contribution in [0.4, 0.5) is 0 Å². The normalized spacial score (nSPS) is 16.9. The monoisotopic (exact) mass is 510 g/mol. The van der Waals surface area contributed by atoms with Gasteiger partial charge in [-0.2, -0.15) is 0 Å². The first kappa shape index (κ1) is 22.9. The third-order valence-electron chi connectivity index (χ3n) is 8.73. The molecule has 2 aromatic heterocycles. The molecule has 0 saturated carbocycles. The molecule has 190 valence electrons. The van der Waals surface area contributed by atoms with E-state index in [9.17, 15) is 0 Å². The smallest absolute Gasteiger partial charge is 0.456 e. The molecule has 3 heterocycles. The third kappa shape index (κ3) is 3.21. The van der Waals surface area contributed by atoms with Crippen LogP contribution in [0, 0.1) is 0 Å². The molecule has 0 aliphatic carbocycles. The second-order valence-corrected chi connectivity index (χ2v) is 11.6. The lowest BCUT2D eigenvalue weighted by atomic mass is 9.78. The van der Waals surface area contributed by atoms with Gasteiger partial charge >= 0.3 is 7.12 Å². The van der Waals surface area contributed by atoms with Crippen LogP contribution in [0.5, 0.6) is 0 Å². The quantitative estimate of drug-likeness (QED) is 0.219. The Morgan fingerprint density at radius 3 is 2.15 bits per heavy atom. The van der Waals surface area contributed by atoms with Crippen LogP contribution in [0.2, 0.25) is 0 Å². The van der Waals surface area contributed by atoms with E-state index in [1.54, 1.807) is 0 Å². The van der Waals surface area contributed by atoms with Crippen molar-refractivity contribution in [1.29, 1.82) is 0 Å². The highest BCUT2D eigenvalue weighted by Crippen LogP contribution is 2.42. The predicted molar refractivity (Wildman–Crippen MR) is 160 cm³/mol. The first-order valence-corrected chi connectivity index (χ1v) is 13.4. The van der Waals surface area contributed by atoms with Crippen molar-refractivity contribution in [2.24, 2.45) is 0 Å². The minimum absolute atomic E-state index is 0.420. The fourth-order valence-corrected chi connectivity index (χ4v) is 5.94. The first-order chi connectivity index (χ1) is 18.8. The molecule has 5 aromatic carbocycles. The molecule has 1 aliphatic rings. The van der Waals surface area contributed by atoms with Gasteiger partial charge < -0.3 is 18.1 Å². The van der Waals surface area contributed by atoms with Gasteiger partial charge in [0.25, 0.3) is 0 Å². The summed E-state index contributed by atoms with van der Waals surface area (Å²) in [4.78, 5) is 0. The van der Waals surface area contributed by atoms with Crippen molar-refractivity contribution >= 4 is 67.2 Å². The van der Waals surface area contributed by atoms with E-state index in [-0.39, 0.29) is 0 Å². The van der Waals surface area contributed by atoms with Crippen molar-refractivity contribution in [1.82, 2.24) is 0 Å². The van der Waals surface area contributed by atoms with Crippen LogP contribution in [-0.4, -0.2) is 18.3 Å². The molecule has 1 aliphatic heterocycles. The maximum atomic E-state index is 6.44. The molecule has 0 amide bonds. The number of benzene rings is 5. The van der Waals surface area contributed by atoms with Crippen LogP contribution in [0.15, 0.2) is 99.8 Å². The van der Waals surface area contributed by atoms with Crippen LogP contribution in [0.25, 0.3) is 65.8 Å². The fourth-order valence-electron chi connectivity index (χ4n) is 5.94. The molecule has 8 rings (SSSR count). The van der Waals surface area contributed by atoms with E-state index in [0.29, 0.717) is 0 Å². The molecule has 7 aromatic rings. The van der Waals surface area contributed by atoms with Crippen molar-refractivity contribution < 1.29 is 18.1 Å². The van der Waals surface area contributed by atoms with Crippen LogP contribution in [0.1, 0.15) is 27.7 Å². The molecular weight excluding hydrogens is 483 g/mol. The van der Waals surface area contributed by atoms with Gasteiger partial charge in [-0.15, -0.1) is 0 Å². The van der Waals surface area contributed by atoms with Crippen molar-refractivity contribution in [3.05, 3.63) is 91.0 Å². The Morgan fingerprint density at radius 1 is 0.564 bits per heavy atom. The predicted octanol–water partition coefficient (Wildman–Crippen LogP) is 8.60. The Labute approximate surface area is 226 Å².